The molecule has 3 heterocycles. The van der Waals surface area contributed by atoms with Crippen LogP contribution in [0.2, 0.25) is 0 Å². The first-order valence-corrected chi connectivity index (χ1v) is 7.31. The topological polar surface area (TPSA) is 42.7 Å². The molecule has 108 valence electrons. The molecule has 1 aliphatic rings. The predicted octanol–water partition coefficient (Wildman–Crippen LogP) is 2.33. The van der Waals surface area contributed by atoms with Gasteiger partial charge in [0.25, 0.3) is 0 Å². The molecule has 5 heteroatoms. The fourth-order valence-corrected chi connectivity index (χ4v) is 2.97. The highest BCUT2D eigenvalue weighted by molar-refractivity contribution is 5.44. The van der Waals surface area contributed by atoms with Gasteiger partial charge in [0.05, 0.1) is 7.11 Å². The highest BCUT2D eigenvalue weighted by atomic mass is 16.5. The maximum atomic E-state index is 5.23. The number of hydrogen-bond donors (Lipinski definition) is 0. The molecule has 0 amide bonds. The molecule has 0 N–H and O–H groups in total. The smallest absolute Gasteiger partial charge is 0.164 e. The fraction of sp³-hybridized carbons (Fsp3) is 0.600. The minimum absolute atomic E-state index is 0.508. The van der Waals surface area contributed by atoms with Crippen LogP contribution in [-0.4, -0.2) is 45.7 Å². The van der Waals surface area contributed by atoms with Crippen LogP contribution in [0.4, 0.5) is 0 Å². The third-order valence-corrected chi connectivity index (χ3v) is 4.27. The van der Waals surface area contributed by atoms with Crippen molar-refractivity contribution in [1.82, 2.24) is 19.5 Å². The average Bonchev–Trinajstić information content (AvgIpc) is 2.90. The molecule has 0 atom stereocenters. The summed E-state index contributed by atoms with van der Waals surface area (Å²) in [5.41, 5.74) is 0.866. The Kier molecular flexibility index (Phi) is 3.61. The van der Waals surface area contributed by atoms with Crippen LogP contribution in [-0.2, 0) is 0 Å². The van der Waals surface area contributed by atoms with E-state index in [1.807, 2.05) is 18.3 Å². The summed E-state index contributed by atoms with van der Waals surface area (Å²) in [7, 11) is 1.67. The van der Waals surface area contributed by atoms with E-state index in [4.69, 9.17) is 4.74 Å². The first-order chi connectivity index (χ1) is 9.69. The third kappa shape index (κ3) is 2.38. The van der Waals surface area contributed by atoms with Crippen LogP contribution in [0.3, 0.4) is 0 Å². The van der Waals surface area contributed by atoms with Gasteiger partial charge in [0.1, 0.15) is 11.6 Å². The van der Waals surface area contributed by atoms with Crippen molar-refractivity contribution in [2.75, 3.05) is 20.2 Å². The van der Waals surface area contributed by atoms with Crippen molar-refractivity contribution in [3.05, 3.63) is 24.2 Å². The Morgan fingerprint density at radius 1 is 1.25 bits per heavy atom. The van der Waals surface area contributed by atoms with E-state index in [0.717, 1.165) is 43.2 Å². The van der Waals surface area contributed by atoms with E-state index in [-0.39, 0.29) is 0 Å². The molecule has 0 bridgehead atoms. The zero-order valence-electron chi connectivity index (χ0n) is 12.4. The van der Waals surface area contributed by atoms with Crippen molar-refractivity contribution in [2.45, 2.75) is 38.6 Å². The minimum atomic E-state index is 0.508. The number of hydrogen-bond acceptors (Lipinski definition) is 4. The Hall–Kier alpha value is -1.62. The molecule has 2 aromatic rings. The molecule has 20 heavy (non-hydrogen) atoms. The van der Waals surface area contributed by atoms with E-state index in [0.29, 0.717) is 12.0 Å². The molecule has 1 saturated heterocycles. The molecule has 0 spiro atoms. The molecular weight excluding hydrogens is 252 g/mol. The lowest BCUT2D eigenvalue weighted by Crippen LogP contribution is -2.38. The molecule has 3 rings (SSSR count). The zero-order valence-corrected chi connectivity index (χ0v) is 12.4. The van der Waals surface area contributed by atoms with E-state index in [1.165, 1.54) is 0 Å². The number of ether oxygens (including phenoxy) is 1. The molecule has 1 fully saturated rings. The lowest BCUT2D eigenvalue weighted by atomic mass is 9.95. The molecule has 0 aliphatic carbocycles. The zero-order chi connectivity index (χ0) is 14.1. The van der Waals surface area contributed by atoms with Gasteiger partial charge in [0, 0.05) is 24.2 Å². The Morgan fingerprint density at radius 3 is 2.65 bits per heavy atom. The Labute approximate surface area is 119 Å². The molecular formula is C15H22N4O. The van der Waals surface area contributed by atoms with E-state index < -0.39 is 0 Å². The average molecular weight is 274 g/mol. The number of fused-ring (bicyclic) bond motifs is 1. The summed E-state index contributed by atoms with van der Waals surface area (Å²) in [6.07, 6.45) is 4.33. The van der Waals surface area contributed by atoms with Gasteiger partial charge in [0.15, 0.2) is 5.65 Å². The third-order valence-electron chi connectivity index (χ3n) is 4.27. The molecule has 2 aromatic heterocycles. The summed E-state index contributed by atoms with van der Waals surface area (Å²) in [5, 5.41) is 8.68. The molecule has 1 aliphatic heterocycles. The van der Waals surface area contributed by atoms with Gasteiger partial charge in [-0.15, -0.1) is 10.2 Å². The van der Waals surface area contributed by atoms with Crippen molar-refractivity contribution in [3.8, 4) is 5.75 Å². The van der Waals surface area contributed by atoms with Crippen LogP contribution in [0.1, 0.15) is 38.4 Å². The maximum absolute atomic E-state index is 5.23. The molecule has 5 nitrogen and oxygen atoms in total. The van der Waals surface area contributed by atoms with Crippen LogP contribution in [0, 0.1) is 0 Å². The first kappa shape index (κ1) is 13.4. The van der Waals surface area contributed by atoms with E-state index in [2.05, 4.69) is 33.3 Å². The minimum Gasteiger partial charge on any atom is -0.497 e. The lowest BCUT2D eigenvalue weighted by molar-refractivity contribution is 0.169. The number of piperidine rings is 1. The van der Waals surface area contributed by atoms with Gasteiger partial charge in [0.2, 0.25) is 0 Å². The summed E-state index contributed by atoms with van der Waals surface area (Å²) >= 11 is 0. The van der Waals surface area contributed by atoms with Crippen LogP contribution < -0.4 is 4.74 Å². The van der Waals surface area contributed by atoms with Crippen LogP contribution in [0.15, 0.2) is 18.3 Å². The Bertz CT molecular complexity index is 585. The predicted molar refractivity (Wildman–Crippen MR) is 78.2 cm³/mol. The largest absolute Gasteiger partial charge is 0.497 e. The Balaban J connectivity index is 1.81. The molecule has 0 unspecified atom stereocenters. The number of nitrogens with zero attached hydrogens (tertiary/aromatic N) is 4. The number of pyridine rings is 1. The van der Waals surface area contributed by atoms with E-state index >= 15 is 0 Å². The second-order valence-electron chi connectivity index (χ2n) is 5.76. The van der Waals surface area contributed by atoms with Crippen molar-refractivity contribution < 1.29 is 4.74 Å². The number of methoxy groups -OCH3 is 1. The van der Waals surface area contributed by atoms with Crippen molar-refractivity contribution >= 4 is 5.65 Å². The quantitative estimate of drug-likeness (QED) is 0.861. The summed E-state index contributed by atoms with van der Waals surface area (Å²) in [4.78, 5) is 2.53. The van der Waals surface area contributed by atoms with Crippen LogP contribution in [0.25, 0.3) is 5.65 Å². The second kappa shape index (κ2) is 5.40. The lowest BCUT2D eigenvalue weighted by Gasteiger charge is -2.33. The van der Waals surface area contributed by atoms with Gasteiger partial charge < -0.3 is 9.64 Å². The van der Waals surface area contributed by atoms with Crippen molar-refractivity contribution in [1.29, 1.82) is 0 Å². The highest BCUT2D eigenvalue weighted by Crippen LogP contribution is 2.28. The monoisotopic (exact) mass is 274 g/mol. The van der Waals surface area contributed by atoms with Crippen LogP contribution in [0.5, 0.6) is 5.75 Å². The fourth-order valence-electron chi connectivity index (χ4n) is 2.97. The normalized spacial score (nSPS) is 18.0. The van der Waals surface area contributed by atoms with Gasteiger partial charge in [-0.25, -0.2) is 0 Å². The summed E-state index contributed by atoms with van der Waals surface area (Å²) in [5.74, 6) is 2.42. The van der Waals surface area contributed by atoms with Crippen molar-refractivity contribution in [2.24, 2.45) is 0 Å². The number of likely N-dealkylation sites (tertiary alicyclic amines) is 1. The summed E-state index contributed by atoms with van der Waals surface area (Å²) in [6, 6.07) is 4.53. The van der Waals surface area contributed by atoms with Gasteiger partial charge in [-0.1, -0.05) is 0 Å². The number of rotatable bonds is 3. The van der Waals surface area contributed by atoms with Crippen LogP contribution >= 0.6 is 0 Å². The molecule has 0 radical (unpaired) electrons. The summed E-state index contributed by atoms with van der Waals surface area (Å²) < 4.78 is 7.33. The standard InChI is InChI=1S/C15H22N4O/c1-11(2)18-7-4-12(5-8-18)15-17-16-14-10-13(20-3)6-9-19(14)15/h6,9-12H,4-5,7-8H2,1-3H3. The van der Waals surface area contributed by atoms with Gasteiger partial charge in [-0.05, 0) is 45.8 Å². The molecule has 0 aromatic carbocycles. The highest BCUT2D eigenvalue weighted by Gasteiger charge is 2.25. The van der Waals surface area contributed by atoms with Gasteiger partial charge >= 0.3 is 0 Å². The van der Waals surface area contributed by atoms with Crippen molar-refractivity contribution in [3.63, 3.8) is 0 Å². The second-order valence-corrected chi connectivity index (χ2v) is 5.76. The molecule has 0 saturated carbocycles. The Morgan fingerprint density at radius 2 is 2.00 bits per heavy atom. The summed E-state index contributed by atoms with van der Waals surface area (Å²) in [6.45, 7) is 6.82. The maximum Gasteiger partial charge on any atom is 0.164 e. The first-order valence-electron chi connectivity index (χ1n) is 7.31. The van der Waals surface area contributed by atoms with Gasteiger partial charge in [-0.3, -0.25) is 4.40 Å². The number of aromatic nitrogens is 3. The van der Waals surface area contributed by atoms with E-state index in [1.54, 1.807) is 7.11 Å². The SMILES string of the molecule is COc1ccn2c(C3CCN(C(C)C)CC3)nnc2c1. The van der Waals surface area contributed by atoms with Gasteiger partial charge in [-0.2, -0.15) is 0 Å². The van der Waals surface area contributed by atoms with E-state index in [9.17, 15) is 0 Å².